The molecule has 0 amide bonds. The maximum atomic E-state index is 8.72. The van der Waals surface area contributed by atoms with Crippen molar-refractivity contribution in [3.8, 4) is 6.07 Å². The van der Waals surface area contributed by atoms with Gasteiger partial charge in [-0.3, -0.25) is 0 Å². The molecule has 0 bridgehead atoms. The molecule has 0 aliphatic carbocycles. The standard InChI is InChI=1S/C11H9BN4/c1-12(9-4-3-8(7-13)15-9)10-5-6-11(14-2)16-10/h3-6,15-16H,1H3. The number of hydrogen-bond acceptors (Lipinski definition) is 1. The molecular weight excluding hydrogens is 199 g/mol. The van der Waals surface area contributed by atoms with Gasteiger partial charge in [0.15, 0.2) is 0 Å². The first kappa shape index (κ1) is 10.1. The smallest absolute Gasteiger partial charge is 0.275 e. The van der Waals surface area contributed by atoms with Gasteiger partial charge in [-0.2, -0.15) is 5.26 Å². The Morgan fingerprint density at radius 1 is 1.25 bits per heavy atom. The van der Waals surface area contributed by atoms with Crippen LogP contribution in [-0.4, -0.2) is 16.7 Å². The van der Waals surface area contributed by atoms with Gasteiger partial charge >= 0.3 is 0 Å². The van der Waals surface area contributed by atoms with Gasteiger partial charge in [-0.15, -0.1) is 0 Å². The maximum Gasteiger partial charge on any atom is 0.275 e. The van der Waals surface area contributed by atoms with E-state index in [1.54, 1.807) is 12.1 Å². The summed E-state index contributed by atoms with van der Waals surface area (Å²) in [7, 11) is 0. The predicted octanol–water partition coefficient (Wildman–Crippen LogP) is 1.00. The van der Waals surface area contributed by atoms with Crippen LogP contribution in [0.3, 0.4) is 0 Å². The summed E-state index contributed by atoms with van der Waals surface area (Å²) in [6.07, 6.45) is 0. The Balaban J connectivity index is 2.28. The molecule has 2 rings (SSSR count). The van der Waals surface area contributed by atoms with E-state index in [1.165, 1.54) is 0 Å². The average Bonchev–Trinajstić information content (AvgIpc) is 2.97. The highest BCUT2D eigenvalue weighted by molar-refractivity contribution is 6.82. The van der Waals surface area contributed by atoms with Crippen LogP contribution in [0, 0.1) is 17.9 Å². The lowest BCUT2D eigenvalue weighted by atomic mass is 9.47. The minimum Gasteiger partial charge on any atom is -0.364 e. The van der Waals surface area contributed by atoms with E-state index >= 15 is 0 Å². The number of aromatic nitrogens is 2. The highest BCUT2D eigenvalue weighted by atomic mass is 14.9. The zero-order valence-corrected chi connectivity index (χ0v) is 8.78. The molecule has 2 aromatic rings. The third-order valence-electron chi connectivity index (χ3n) is 2.58. The van der Waals surface area contributed by atoms with Crippen molar-refractivity contribution in [1.82, 2.24) is 9.97 Å². The van der Waals surface area contributed by atoms with E-state index < -0.39 is 0 Å². The monoisotopic (exact) mass is 208 g/mol. The lowest BCUT2D eigenvalue weighted by molar-refractivity contribution is 1.36. The van der Waals surface area contributed by atoms with Gasteiger partial charge in [0.25, 0.3) is 6.71 Å². The fourth-order valence-electron chi connectivity index (χ4n) is 1.62. The SMILES string of the molecule is [C-]#[N+]c1ccc(B(C)c2ccc(C#N)[nH]2)[nH]1. The first-order chi connectivity index (χ1) is 7.74. The number of rotatable bonds is 2. The zero-order chi connectivity index (χ0) is 11.5. The minimum absolute atomic E-state index is 0.123. The minimum atomic E-state index is 0.123. The molecule has 0 unspecified atom stereocenters. The van der Waals surface area contributed by atoms with Gasteiger partial charge in [-0.25, -0.2) is 0 Å². The van der Waals surface area contributed by atoms with Crippen LogP contribution >= 0.6 is 0 Å². The number of nitrogens with zero attached hydrogens (tertiary/aromatic N) is 2. The summed E-state index contributed by atoms with van der Waals surface area (Å²) >= 11 is 0. The molecule has 0 aromatic carbocycles. The number of hydrogen-bond donors (Lipinski definition) is 2. The van der Waals surface area contributed by atoms with Crippen LogP contribution in [0.25, 0.3) is 4.85 Å². The number of aromatic amines is 2. The molecule has 2 heterocycles. The predicted molar refractivity (Wildman–Crippen MR) is 63.4 cm³/mol. The first-order valence-corrected chi connectivity index (χ1v) is 4.90. The van der Waals surface area contributed by atoms with Crippen molar-refractivity contribution in [1.29, 1.82) is 5.26 Å². The second-order valence-corrected chi connectivity index (χ2v) is 3.57. The molecule has 2 aromatic heterocycles. The third-order valence-corrected chi connectivity index (χ3v) is 2.58. The van der Waals surface area contributed by atoms with Crippen LogP contribution in [0.2, 0.25) is 6.82 Å². The highest BCUT2D eigenvalue weighted by Gasteiger charge is 2.18. The van der Waals surface area contributed by atoms with Crippen LogP contribution in [0.4, 0.5) is 5.82 Å². The van der Waals surface area contributed by atoms with E-state index in [-0.39, 0.29) is 6.71 Å². The number of H-pyrrole nitrogens is 2. The van der Waals surface area contributed by atoms with Gasteiger partial charge in [0, 0.05) is 5.59 Å². The van der Waals surface area contributed by atoms with Crippen molar-refractivity contribution in [3.63, 3.8) is 0 Å². The van der Waals surface area contributed by atoms with E-state index in [0.29, 0.717) is 11.5 Å². The first-order valence-electron chi connectivity index (χ1n) is 4.90. The van der Waals surface area contributed by atoms with Crippen molar-refractivity contribution in [2.45, 2.75) is 6.82 Å². The quantitative estimate of drug-likeness (QED) is 0.561. The number of nitrogens with one attached hydrogen (secondary N) is 2. The third kappa shape index (κ3) is 1.71. The Kier molecular flexibility index (Phi) is 2.53. The van der Waals surface area contributed by atoms with Crippen molar-refractivity contribution >= 4 is 23.7 Å². The van der Waals surface area contributed by atoms with Crippen molar-refractivity contribution in [2.24, 2.45) is 0 Å². The van der Waals surface area contributed by atoms with Crippen LogP contribution in [0.5, 0.6) is 0 Å². The molecule has 0 aliphatic rings. The van der Waals surface area contributed by atoms with Gasteiger partial charge in [-0.1, -0.05) is 13.4 Å². The molecule has 5 heteroatoms. The summed E-state index contributed by atoms with van der Waals surface area (Å²) in [6, 6.07) is 9.35. The molecule has 0 saturated carbocycles. The van der Waals surface area contributed by atoms with Crippen molar-refractivity contribution in [2.75, 3.05) is 0 Å². The molecule has 16 heavy (non-hydrogen) atoms. The number of nitriles is 1. The van der Waals surface area contributed by atoms with Gasteiger partial charge in [-0.05, 0) is 29.9 Å². The van der Waals surface area contributed by atoms with Crippen LogP contribution in [0.15, 0.2) is 24.3 Å². The van der Waals surface area contributed by atoms with Crippen molar-refractivity contribution in [3.05, 3.63) is 41.4 Å². The fourth-order valence-corrected chi connectivity index (χ4v) is 1.62. The Bertz CT molecular complexity index is 529. The van der Waals surface area contributed by atoms with E-state index in [4.69, 9.17) is 11.8 Å². The van der Waals surface area contributed by atoms with E-state index in [1.807, 2.05) is 19.0 Å². The van der Waals surface area contributed by atoms with E-state index in [2.05, 4.69) is 20.9 Å². The molecule has 0 radical (unpaired) electrons. The van der Waals surface area contributed by atoms with Gasteiger partial charge < -0.3 is 14.8 Å². The lowest BCUT2D eigenvalue weighted by Crippen LogP contribution is -2.40. The summed E-state index contributed by atoms with van der Waals surface area (Å²) in [4.78, 5) is 9.38. The summed E-state index contributed by atoms with van der Waals surface area (Å²) in [5.74, 6) is 0.536. The molecular formula is C11H9BN4. The molecule has 4 nitrogen and oxygen atoms in total. The summed E-state index contributed by atoms with van der Waals surface area (Å²) < 4.78 is 0. The molecule has 0 fully saturated rings. The Morgan fingerprint density at radius 2 is 1.94 bits per heavy atom. The Morgan fingerprint density at radius 3 is 2.50 bits per heavy atom. The lowest BCUT2D eigenvalue weighted by Gasteiger charge is -2.00. The summed E-state index contributed by atoms with van der Waals surface area (Å²) in [5, 5.41) is 8.72. The maximum absolute atomic E-state index is 8.72. The van der Waals surface area contributed by atoms with Crippen LogP contribution in [0.1, 0.15) is 5.69 Å². The molecule has 0 aliphatic heterocycles. The molecule has 0 atom stereocenters. The van der Waals surface area contributed by atoms with E-state index in [9.17, 15) is 0 Å². The summed E-state index contributed by atoms with van der Waals surface area (Å²) in [5.41, 5.74) is 2.49. The fraction of sp³-hybridized carbons (Fsp3) is 0.0909. The van der Waals surface area contributed by atoms with E-state index in [0.717, 1.165) is 11.2 Å². The zero-order valence-electron chi connectivity index (χ0n) is 8.78. The Labute approximate surface area is 93.8 Å². The molecule has 76 valence electrons. The molecule has 0 spiro atoms. The molecule has 2 N–H and O–H groups in total. The highest BCUT2D eigenvalue weighted by Crippen LogP contribution is 2.04. The largest absolute Gasteiger partial charge is 0.364 e. The van der Waals surface area contributed by atoms with Gasteiger partial charge in [0.2, 0.25) is 5.82 Å². The molecule has 0 saturated heterocycles. The second-order valence-electron chi connectivity index (χ2n) is 3.57. The van der Waals surface area contributed by atoms with Crippen molar-refractivity contribution < 1.29 is 0 Å². The topological polar surface area (TPSA) is 59.7 Å². The van der Waals surface area contributed by atoms with Gasteiger partial charge in [0.05, 0.1) is 0 Å². The van der Waals surface area contributed by atoms with Crippen LogP contribution in [-0.2, 0) is 0 Å². The average molecular weight is 208 g/mol. The normalized spacial score (nSPS) is 9.44. The summed E-state index contributed by atoms with van der Waals surface area (Å²) in [6.45, 7) is 9.02. The Hall–Kier alpha value is -2.40. The van der Waals surface area contributed by atoms with Gasteiger partial charge in [0.1, 0.15) is 11.8 Å². The second kappa shape index (κ2) is 4.00. The van der Waals surface area contributed by atoms with Crippen LogP contribution < -0.4 is 11.2 Å².